The molecule has 0 heterocycles. The standard InChI is InChI=1S/C11H11Cl/c1-2-3-4-5-10-6-8-11(12)9-7-10/h1,6-9H,3-5H2. The van der Waals surface area contributed by atoms with E-state index in [1.165, 1.54) is 5.56 Å². The third kappa shape index (κ3) is 2.98. The smallest absolute Gasteiger partial charge is 0.0406 e. The number of hydrogen-bond donors (Lipinski definition) is 0. The fourth-order valence-corrected chi connectivity index (χ4v) is 1.17. The van der Waals surface area contributed by atoms with Gasteiger partial charge in [-0.3, -0.25) is 0 Å². The van der Waals surface area contributed by atoms with Crippen LogP contribution in [-0.2, 0) is 6.42 Å². The second kappa shape index (κ2) is 4.85. The summed E-state index contributed by atoms with van der Waals surface area (Å²) in [6.45, 7) is 0. The van der Waals surface area contributed by atoms with Crippen LogP contribution in [0.25, 0.3) is 0 Å². The Labute approximate surface area is 78.6 Å². The van der Waals surface area contributed by atoms with Gasteiger partial charge >= 0.3 is 0 Å². The number of benzene rings is 1. The largest absolute Gasteiger partial charge is 0.120 e. The van der Waals surface area contributed by atoms with Crippen LogP contribution in [0.5, 0.6) is 0 Å². The zero-order valence-electron chi connectivity index (χ0n) is 6.89. The van der Waals surface area contributed by atoms with Gasteiger partial charge in [0.15, 0.2) is 0 Å². The molecule has 0 saturated heterocycles. The first-order chi connectivity index (χ1) is 5.83. The lowest BCUT2D eigenvalue weighted by molar-refractivity contribution is 0.858. The highest BCUT2D eigenvalue weighted by atomic mass is 35.5. The molecule has 12 heavy (non-hydrogen) atoms. The van der Waals surface area contributed by atoms with Crippen molar-refractivity contribution in [2.75, 3.05) is 0 Å². The molecule has 0 aliphatic carbocycles. The Bertz CT molecular complexity index is 266. The highest BCUT2D eigenvalue weighted by molar-refractivity contribution is 6.30. The van der Waals surface area contributed by atoms with Crippen molar-refractivity contribution in [3.63, 3.8) is 0 Å². The van der Waals surface area contributed by atoms with E-state index in [0.717, 1.165) is 24.3 Å². The molecule has 0 amide bonds. The van der Waals surface area contributed by atoms with Crippen LogP contribution < -0.4 is 0 Å². The molecule has 0 N–H and O–H groups in total. The van der Waals surface area contributed by atoms with Gasteiger partial charge in [0.1, 0.15) is 0 Å². The average molecular weight is 179 g/mol. The summed E-state index contributed by atoms with van der Waals surface area (Å²) in [6, 6.07) is 7.90. The molecule has 0 bridgehead atoms. The van der Waals surface area contributed by atoms with Crippen LogP contribution in [0, 0.1) is 12.3 Å². The molecule has 0 nitrogen and oxygen atoms in total. The van der Waals surface area contributed by atoms with Crippen molar-refractivity contribution < 1.29 is 0 Å². The normalized spacial score (nSPS) is 9.33. The predicted molar refractivity (Wildman–Crippen MR) is 53.2 cm³/mol. The van der Waals surface area contributed by atoms with Crippen LogP contribution in [-0.4, -0.2) is 0 Å². The van der Waals surface area contributed by atoms with Crippen LogP contribution >= 0.6 is 11.6 Å². The van der Waals surface area contributed by atoms with E-state index in [9.17, 15) is 0 Å². The van der Waals surface area contributed by atoms with Gasteiger partial charge in [0.25, 0.3) is 0 Å². The summed E-state index contributed by atoms with van der Waals surface area (Å²) >= 11 is 5.74. The lowest BCUT2D eigenvalue weighted by atomic mass is 10.1. The van der Waals surface area contributed by atoms with E-state index in [0.29, 0.717) is 0 Å². The van der Waals surface area contributed by atoms with E-state index in [-0.39, 0.29) is 0 Å². The number of aryl methyl sites for hydroxylation is 1. The Balaban J connectivity index is 2.43. The molecule has 0 aliphatic rings. The molecule has 1 rings (SSSR count). The Hall–Kier alpha value is -0.930. The van der Waals surface area contributed by atoms with Gasteiger partial charge in [0, 0.05) is 11.4 Å². The van der Waals surface area contributed by atoms with Gasteiger partial charge in [-0.25, -0.2) is 0 Å². The zero-order chi connectivity index (χ0) is 8.81. The third-order valence-electron chi connectivity index (χ3n) is 1.70. The summed E-state index contributed by atoms with van der Waals surface area (Å²) in [6.07, 6.45) is 8.09. The highest BCUT2D eigenvalue weighted by Crippen LogP contribution is 2.11. The van der Waals surface area contributed by atoms with Crippen LogP contribution in [0.15, 0.2) is 24.3 Å². The lowest BCUT2D eigenvalue weighted by Crippen LogP contribution is -1.83. The number of hydrogen-bond acceptors (Lipinski definition) is 0. The molecule has 0 saturated carbocycles. The average Bonchev–Trinajstić information content (AvgIpc) is 2.09. The number of halogens is 1. The van der Waals surface area contributed by atoms with Crippen molar-refractivity contribution in [1.29, 1.82) is 0 Å². The van der Waals surface area contributed by atoms with Crippen molar-refractivity contribution in [3.8, 4) is 12.3 Å². The maximum absolute atomic E-state index is 5.74. The first kappa shape index (κ1) is 9.16. The topological polar surface area (TPSA) is 0 Å². The maximum Gasteiger partial charge on any atom is 0.0406 e. The monoisotopic (exact) mass is 178 g/mol. The Morgan fingerprint density at radius 3 is 2.50 bits per heavy atom. The van der Waals surface area contributed by atoms with Crippen LogP contribution in [0.1, 0.15) is 18.4 Å². The van der Waals surface area contributed by atoms with E-state index < -0.39 is 0 Å². The van der Waals surface area contributed by atoms with Gasteiger partial charge in [0.05, 0.1) is 0 Å². The number of unbranched alkanes of at least 4 members (excludes halogenated alkanes) is 1. The summed E-state index contributed by atoms with van der Waals surface area (Å²) in [4.78, 5) is 0. The minimum Gasteiger partial charge on any atom is -0.120 e. The molecular weight excluding hydrogens is 168 g/mol. The molecule has 1 aromatic carbocycles. The summed E-state index contributed by atoms with van der Waals surface area (Å²) in [7, 11) is 0. The Kier molecular flexibility index (Phi) is 3.70. The maximum atomic E-state index is 5.74. The van der Waals surface area contributed by atoms with Gasteiger partial charge < -0.3 is 0 Å². The van der Waals surface area contributed by atoms with Gasteiger partial charge in [-0.05, 0) is 30.5 Å². The van der Waals surface area contributed by atoms with E-state index in [2.05, 4.69) is 5.92 Å². The van der Waals surface area contributed by atoms with Crippen molar-refractivity contribution in [2.24, 2.45) is 0 Å². The van der Waals surface area contributed by atoms with Crippen LogP contribution in [0.2, 0.25) is 5.02 Å². The Morgan fingerprint density at radius 2 is 1.92 bits per heavy atom. The third-order valence-corrected chi connectivity index (χ3v) is 1.95. The van der Waals surface area contributed by atoms with E-state index in [1.807, 2.05) is 24.3 Å². The van der Waals surface area contributed by atoms with Gasteiger partial charge in [-0.15, -0.1) is 12.3 Å². The highest BCUT2D eigenvalue weighted by Gasteiger charge is 1.91. The van der Waals surface area contributed by atoms with Crippen molar-refractivity contribution >= 4 is 11.6 Å². The van der Waals surface area contributed by atoms with Crippen molar-refractivity contribution in [2.45, 2.75) is 19.3 Å². The first-order valence-corrected chi connectivity index (χ1v) is 4.38. The minimum absolute atomic E-state index is 0.788. The number of terminal acetylenes is 1. The summed E-state index contributed by atoms with van der Waals surface area (Å²) in [5.41, 5.74) is 1.30. The van der Waals surface area contributed by atoms with Gasteiger partial charge in [0.2, 0.25) is 0 Å². The van der Waals surface area contributed by atoms with Crippen molar-refractivity contribution in [1.82, 2.24) is 0 Å². The molecule has 0 atom stereocenters. The predicted octanol–water partition coefficient (Wildman–Crippen LogP) is 3.30. The summed E-state index contributed by atoms with van der Waals surface area (Å²) < 4.78 is 0. The summed E-state index contributed by atoms with van der Waals surface area (Å²) in [5, 5.41) is 0.788. The molecule has 0 radical (unpaired) electrons. The van der Waals surface area contributed by atoms with E-state index in [1.54, 1.807) is 0 Å². The number of rotatable bonds is 3. The molecule has 62 valence electrons. The zero-order valence-corrected chi connectivity index (χ0v) is 7.64. The second-order valence-electron chi connectivity index (χ2n) is 2.68. The van der Waals surface area contributed by atoms with Crippen molar-refractivity contribution in [3.05, 3.63) is 34.9 Å². The second-order valence-corrected chi connectivity index (χ2v) is 3.12. The van der Waals surface area contributed by atoms with Gasteiger partial charge in [-0.1, -0.05) is 23.7 Å². The van der Waals surface area contributed by atoms with Crippen LogP contribution in [0.4, 0.5) is 0 Å². The molecular formula is C11H11Cl. The molecule has 0 aliphatic heterocycles. The Morgan fingerprint density at radius 1 is 1.25 bits per heavy atom. The first-order valence-electron chi connectivity index (χ1n) is 4.01. The van der Waals surface area contributed by atoms with E-state index in [4.69, 9.17) is 18.0 Å². The quantitative estimate of drug-likeness (QED) is 0.492. The molecule has 0 unspecified atom stereocenters. The van der Waals surface area contributed by atoms with E-state index >= 15 is 0 Å². The molecule has 0 aromatic heterocycles. The molecule has 1 aromatic rings. The fraction of sp³-hybridized carbons (Fsp3) is 0.273. The molecule has 0 fully saturated rings. The SMILES string of the molecule is C#CCCCc1ccc(Cl)cc1. The summed E-state index contributed by atoms with van der Waals surface area (Å²) in [5.74, 6) is 2.62. The molecule has 1 heteroatoms. The minimum atomic E-state index is 0.788. The lowest BCUT2D eigenvalue weighted by Gasteiger charge is -1.98. The van der Waals surface area contributed by atoms with Crippen LogP contribution in [0.3, 0.4) is 0 Å². The van der Waals surface area contributed by atoms with Gasteiger partial charge in [-0.2, -0.15) is 0 Å². The molecule has 0 spiro atoms. The fourth-order valence-electron chi connectivity index (χ4n) is 1.05.